The summed E-state index contributed by atoms with van der Waals surface area (Å²) in [6.45, 7) is 5.31. The summed E-state index contributed by atoms with van der Waals surface area (Å²) < 4.78 is 20.5. The van der Waals surface area contributed by atoms with Gasteiger partial charge in [0.1, 0.15) is 18.1 Å². The number of amides is 1. The molecule has 0 spiro atoms. The molecule has 0 radical (unpaired) electrons. The van der Waals surface area contributed by atoms with Gasteiger partial charge in [-0.3, -0.25) is 5.32 Å². The Morgan fingerprint density at radius 2 is 2.03 bits per heavy atom. The highest BCUT2D eigenvalue weighted by molar-refractivity contribution is 5.99. The first-order chi connectivity index (χ1) is 15.3. The van der Waals surface area contributed by atoms with Gasteiger partial charge in [-0.15, -0.1) is 0 Å². The molecule has 1 aliphatic carbocycles. The third kappa shape index (κ3) is 4.23. The third-order valence-electron chi connectivity index (χ3n) is 5.86. The molecule has 3 heterocycles. The Morgan fingerprint density at radius 1 is 1.28 bits per heavy atom. The van der Waals surface area contributed by atoms with Crippen molar-refractivity contribution < 1.29 is 19.0 Å². The van der Waals surface area contributed by atoms with Gasteiger partial charge in [-0.25, -0.2) is 19.2 Å². The number of nitrogens with two attached hydrogens (primary N) is 1. The van der Waals surface area contributed by atoms with E-state index in [2.05, 4.69) is 27.5 Å². The van der Waals surface area contributed by atoms with Gasteiger partial charge < -0.3 is 20.9 Å². The van der Waals surface area contributed by atoms with Gasteiger partial charge in [0.2, 0.25) is 5.88 Å². The number of ether oxygens (including phenoxy) is 1. The normalized spacial score (nSPS) is 14.8. The molecule has 1 saturated carbocycles. The maximum absolute atomic E-state index is 15.0. The van der Waals surface area contributed by atoms with Crippen molar-refractivity contribution in [3.8, 4) is 17.0 Å². The van der Waals surface area contributed by atoms with Crippen LogP contribution in [0.2, 0.25) is 0 Å². The van der Waals surface area contributed by atoms with Crippen LogP contribution in [0, 0.1) is 18.7 Å². The number of aromatic nitrogens is 2. The van der Waals surface area contributed by atoms with E-state index in [0.29, 0.717) is 35.4 Å². The molecule has 2 aromatic heterocycles. The summed E-state index contributed by atoms with van der Waals surface area (Å²) in [5.74, 6) is 1.09. The molecule has 0 saturated heterocycles. The molecule has 0 atom stereocenters. The molecule has 8 nitrogen and oxygen atoms in total. The Morgan fingerprint density at radius 3 is 2.69 bits per heavy atom. The van der Waals surface area contributed by atoms with Crippen molar-refractivity contribution in [2.75, 3.05) is 29.5 Å². The first-order valence-electron chi connectivity index (χ1n) is 10.6. The predicted molar refractivity (Wildman–Crippen MR) is 123 cm³/mol. The number of halogens is 1. The Labute approximate surface area is 185 Å². The average molecular weight is 439 g/mol. The van der Waals surface area contributed by atoms with Crippen LogP contribution in [0.3, 0.4) is 0 Å². The van der Waals surface area contributed by atoms with Crippen molar-refractivity contribution in [2.45, 2.75) is 33.1 Å². The fourth-order valence-electron chi connectivity index (χ4n) is 3.78. The lowest BCUT2D eigenvalue weighted by atomic mass is 9.88. The Bertz CT molecular complexity index is 1180. The van der Waals surface area contributed by atoms with E-state index in [0.717, 1.165) is 17.2 Å². The largest absolute Gasteiger partial charge is 0.474 e. The van der Waals surface area contributed by atoms with Crippen molar-refractivity contribution >= 4 is 34.1 Å². The van der Waals surface area contributed by atoms with Crippen LogP contribution in [-0.2, 0) is 0 Å². The molecule has 0 unspecified atom stereocenters. The summed E-state index contributed by atoms with van der Waals surface area (Å²) in [6.07, 6.45) is 6.11. The molecular weight excluding hydrogens is 413 g/mol. The molecule has 5 N–H and O–H groups in total. The van der Waals surface area contributed by atoms with Gasteiger partial charge >= 0.3 is 6.09 Å². The number of nitrogen functional groups attached to an aromatic ring is 1. The Hall–Kier alpha value is -3.62. The lowest BCUT2D eigenvalue weighted by Gasteiger charge is -2.22. The van der Waals surface area contributed by atoms with Crippen LogP contribution in [-0.4, -0.2) is 34.3 Å². The number of hydrogen-bond donors (Lipinski definition) is 4. The summed E-state index contributed by atoms with van der Waals surface area (Å²) in [4.78, 5) is 19.1. The van der Waals surface area contributed by atoms with Crippen molar-refractivity contribution in [1.82, 2.24) is 9.97 Å². The Kier molecular flexibility index (Phi) is 5.98. The van der Waals surface area contributed by atoms with Crippen LogP contribution >= 0.6 is 0 Å². The van der Waals surface area contributed by atoms with E-state index in [4.69, 9.17) is 15.6 Å². The summed E-state index contributed by atoms with van der Waals surface area (Å²) in [7, 11) is 0. The molecule has 1 aliphatic heterocycles. The zero-order chi connectivity index (χ0) is 22.8. The average Bonchev–Trinajstić information content (AvgIpc) is 2.75. The third-order valence-corrected chi connectivity index (χ3v) is 5.86. The second-order valence-electron chi connectivity index (χ2n) is 8.16. The number of pyridine rings is 2. The van der Waals surface area contributed by atoms with Gasteiger partial charge in [0.25, 0.3) is 0 Å². The first kappa shape index (κ1) is 21.6. The minimum Gasteiger partial charge on any atom is -0.474 e. The number of rotatable bonds is 2. The summed E-state index contributed by atoms with van der Waals surface area (Å²) in [5.41, 5.74) is 8.28. The maximum Gasteiger partial charge on any atom is 0.410 e. The number of carboxylic acid groups (broad SMARTS) is 1. The molecule has 1 amide bonds. The summed E-state index contributed by atoms with van der Waals surface area (Å²) >= 11 is 0. The molecule has 0 bridgehead atoms. The number of anilines is 3. The van der Waals surface area contributed by atoms with Crippen LogP contribution in [0.25, 0.3) is 21.9 Å². The Balaban J connectivity index is 0.000000433. The number of fused-ring (bicyclic) bond motifs is 2. The highest BCUT2D eigenvalue weighted by atomic mass is 19.1. The maximum atomic E-state index is 15.0. The zero-order valence-electron chi connectivity index (χ0n) is 18.0. The number of benzene rings is 1. The quantitative estimate of drug-likeness (QED) is 0.413. The monoisotopic (exact) mass is 439 g/mol. The first-order valence-corrected chi connectivity index (χ1v) is 10.6. The SMILES string of the molecule is CC1CCC1.Cc1c(-c2cc3cc(NC(=O)O)ncc3c(N)c2F)cnc2c1NCCO2. The van der Waals surface area contributed by atoms with E-state index in [1.54, 1.807) is 12.3 Å². The minimum atomic E-state index is -1.24. The molecule has 32 heavy (non-hydrogen) atoms. The smallest absolute Gasteiger partial charge is 0.410 e. The van der Waals surface area contributed by atoms with Crippen molar-refractivity contribution in [3.63, 3.8) is 0 Å². The predicted octanol–water partition coefficient (Wildman–Crippen LogP) is 5.03. The van der Waals surface area contributed by atoms with E-state index in [9.17, 15) is 9.18 Å². The zero-order valence-corrected chi connectivity index (χ0v) is 18.0. The van der Waals surface area contributed by atoms with Crippen LogP contribution in [0.1, 0.15) is 31.7 Å². The molecule has 5 rings (SSSR count). The highest BCUT2D eigenvalue weighted by Gasteiger charge is 2.21. The van der Waals surface area contributed by atoms with Gasteiger partial charge in [-0.1, -0.05) is 26.2 Å². The number of nitrogens with zero attached hydrogens (tertiary/aromatic N) is 2. The van der Waals surface area contributed by atoms with Gasteiger partial charge in [0.15, 0.2) is 5.82 Å². The number of carbonyl (C=O) groups is 1. The highest BCUT2D eigenvalue weighted by Crippen LogP contribution is 2.39. The molecule has 1 aromatic carbocycles. The van der Waals surface area contributed by atoms with E-state index in [1.807, 2.05) is 6.92 Å². The lowest BCUT2D eigenvalue weighted by Crippen LogP contribution is -2.20. The topological polar surface area (TPSA) is 122 Å². The van der Waals surface area contributed by atoms with Crippen molar-refractivity contribution in [1.29, 1.82) is 0 Å². The minimum absolute atomic E-state index is 0.0572. The van der Waals surface area contributed by atoms with Crippen LogP contribution in [0.15, 0.2) is 24.5 Å². The van der Waals surface area contributed by atoms with Crippen LogP contribution in [0.5, 0.6) is 5.88 Å². The fourth-order valence-corrected chi connectivity index (χ4v) is 3.78. The van der Waals surface area contributed by atoms with Crippen molar-refractivity contribution in [2.24, 2.45) is 5.92 Å². The summed E-state index contributed by atoms with van der Waals surface area (Å²) in [5, 5.41) is 15.2. The standard InChI is InChI=1S/C18H16FN5O3.C5H10/c1-8-11(6-23-17-16(8)21-2-3-27-17)10-4-9-5-13(24-18(25)26)22-7-12(9)15(20)14(10)19;1-5-3-2-4-5/h4-7,21H,2-3,20H2,1H3,(H,22,24)(H,25,26);5H,2-4H2,1H3. The van der Waals surface area contributed by atoms with Gasteiger partial charge in [-0.05, 0) is 35.9 Å². The molecule has 3 aromatic rings. The molecule has 168 valence electrons. The molecule has 2 aliphatic rings. The van der Waals surface area contributed by atoms with E-state index in [1.165, 1.54) is 31.5 Å². The summed E-state index contributed by atoms with van der Waals surface area (Å²) in [6, 6.07) is 3.11. The molecule has 1 fully saturated rings. The van der Waals surface area contributed by atoms with Crippen molar-refractivity contribution in [3.05, 3.63) is 35.9 Å². The lowest BCUT2D eigenvalue weighted by molar-refractivity contribution is 0.209. The van der Waals surface area contributed by atoms with E-state index < -0.39 is 11.9 Å². The molecular formula is C23H26FN5O3. The van der Waals surface area contributed by atoms with E-state index in [-0.39, 0.29) is 17.1 Å². The van der Waals surface area contributed by atoms with Crippen LogP contribution < -0.4 is 21.1 Å². The second kappa shape index (κ2) is 8.86. The van der Waals surface area contributed by atoms with Crippen LogP contribution in [0.4, 0.5) is 26.4 Å². The van der Waals surface area contributed by atoms with E-state index >= 15 is 0 Å². The second-order valence-corrected chi connectivity index (χ2v) is 8.16. The van der Waals surface area contributed by atoms with Gasteiger partial charge in [-0.2, -0.15) is 0 Å². The number of hydrogen-bond acceptors (Lipinski definition) is 6. The molecule has 9 heteroatoms. The number of nitrogens with one attached hydrogen (secondary N) is 2. The fraction of sp³-hybridized carbons (Fsp3) is 0.348. The van der Waals surface area contributed by atoms with Gasteiger partial charge in [0.05, 0.1) is 5.69 Å². The van der Waals surface area contributed by atoms with Gasteiger partial charge in [0, 0.05) is 35.5 Å².